The maximum Gasteiger partial charge on any atom is 0.0340 e. The number of hydrogen-bond donors (Lipinski definition) is 2. The van der Waals surface area contributed by atoms with Crippen LogP contribution in [-0.4, -0.2) is 19.6 Å². The van der Waals surface area contributed by atoms with Crippen molar-refractivity contribution in [1.82, 2.24) is 5.32 Å². The van der Waals surface area contributed by atoms with E-state index in [1.807, 2.05) is 0 Å². The van der Waals surface area contributed by atoms with Crippen LogP contribution in [0.15, 0.2) is 30.3 Å². The Hall–Kier alpha value is -1.02. The Kier molecular flexibility index (Phi) is 3.49. The second kappa shape index (κ2) is 4.88. The molecule has 1 aromatic carbocycles. The van der Waals surface area contributed by atoms with E-state index < -0.39 is 0 Å². The Morgan fingerprint density at radius 3 is 2.62 bits per heavy atom. The fourth-order valence-electron chi connectivity index (χ4n) is 2.44. The third kappa shape index (κ3) is 2.38. The zero-order valence-corrected chi connectivity index (χ0v) is 10.3. The fraction of sp³-hybridized carbons (Fsp3) is 0.571. The molecule has 2 N–H and O–H groups in total. The summed E-state index contributed by atoms with van der Waals surface area (Å²) in [5.41, 5.74) is 1.66. The third-order valence-electron chi connectivity index (χ3n) is 3.92. The van der Waals surface area contributed by atoms with Gasteiger partial charge in [-0.15, -0.1) is 0 Å². The second-order valence-corrected chi connectivity index (χ2v) is 5.16. The van der Waals surface area contributed by atoms with Crippen LogP contribution >= 0.6 is 0 Å². The third-order valence-corrected chi connectivity index (χ3v) is 3.92. The van der Waals surface area contributed by atoms with Gasteiger partial charge >= 0.3 is 0 Å². The van der Waals surface area contributed by atoms with E-state index in [1.165, 1.54) is 12.1 Å². The molecule has 0 bridgehead atoms. The van der Waals surface area contributed by atoms with Crippen LogP contribution in [-0.2, 0) is 0 Å². The molecule has 1 atom stereocenters. The lowest BCUT2D eigenvalue weighted by Crippen LogP contribution is -2.37. The zero-order valence-electron chi connectivity index (χ0n) is 10.3. The van der Waals surface area contributed by atoms with E-state index in [9.17, 15) is 0 Å². The Morgan fingerprint density at radius 2 is 2.06 bits per heavy atom. The second-order valence-electron chi connectivity index (χ2n) is 5.16. The van der Waals surface area contributed by atoms with Crippen LogP contribution in [0.3, 0.4) is 0 Å². The van der Waals surface area contributed by atoms with Gasteiger partial charge in [0.05, 0.1) is 0 Å². The molecular weight excluding hydrogens is 196 g/mol. The summed E-state index contributed by atoms with van der Waals surface area (Å²) in [7, 11) is 0. The van der Waals surface area contributed by atoms with Crippen molar-refractivity contribution in [2.75, 3.05) is 25.0 Å². The van der Waals surface area contributed by atoms with Crippen molar-refractivity contribution < 1.29 is 0 Å². The van der Waals surface area contributed by atoms with Gasteiger partial charge in [0.25, 0.3) is 0 Å². The Bertz CT molecular complexity index is 313. The van der Waals surface area contributed by atoms with Crippen molar-refractivity contribution in [3.8, 4) is 0 Å². The lowest BCUT2D eigenvalue weighted by atomic mass is 9.76. The topological polar surface area (TPSA) is 24.1 Å². The molecule has 1 aliphatic rings. The molecular formula is C14H22N2. The smallest absolute Gasteiger partial charge is 0.0340 e. The summed E-state index contributed by atoms with van der Waals surface area (Å²) in [6, 6.07) is 10.5. The molecule has 0 spiro atoms. The maximum atomic E-state index is 3.57. The van der Waals surface area contributed by atoms with Gasteiger partial charge in [0.1, 0.15) is 0 Å². The SMILES string of the molecule is CC(C)C1(CNc2ccccc2)CCNC1. The van der Waals surface area contributed by atoms with Crippen molar-refractivity contribution in [2.24, 2.45) is 11.3 Å². The Labute approximate surface area is 98.4 Å². The Balaban J connectivity index is 1.97. The first kappa shape index (κ1) is 11.5. The molecule has 1 fully saturated rings. The molecule has 0 radical (unpaired) electrons. The normalized spacial score (nSPS) is 24.9. The summed E-state index contributed by atoms with van der Waals surface area (Å²) in [4.78, 5) is 0. The minimum absolute atomic E-state index is 0.426. The van der Waals surface area contributed by atoms with Crippen LogP contribution in [0, 0.1) is 11.3 Å². The average molecular weight is 218 g/mol. The van der Waals surface area contributed by atoms with Gasteiger partial charge in [0.2, 0.25) is 0 Å². The van der Waals surface area contributed by atoms with E-state index in [4.69, 9.17) is 0 Å². The summed E-state index contributed by atoms with van der Waals surface area (Å²) in [5.74, 6) is 0.721. The number of hydrogen-bond acceptors (Lipinski definition) is 2. The van der Waals surface area contributed by atoms with Crippen LogP contribution in [0.5, 0.6) is 0 Å². The first-order valence-corrected chi connectivity index (χ1v) is 6.23. The standard InChI is InChI=1S/C14H22N2/c1-12(2)14(8-9-15-10-14)11-16-13-6-4-3-5-7-13/h3-7,12,15-16H,8-11H2,1-2H3. The number of anilines is 1. The molecule has 88 valence electrons. The molecule has 2 rings (SSSR count). The number of nitrogens with one attached hydrogen (secondary N) is 2. The van der Waals surface area contributed by atoms with Gasteiger partial charge in [-0.05, 0) is 31.0 Å². The fourth-order valence-corrected chi connectivity index (χ4v) is 2.44. The van der Waals surface area contributed by atoms with E-state index in [0.29, 0.717) is 5.41 Å². The molecule has 2 heteroatoms. The summed E-state index contributed by atoms with van der Waals surface area (Å²) < 4.78 is 0. The highest BCUT2D eigenvalue weighted by molar-refractivity contribution is 5.42. The first-order chi connectivity index (χ1) is 7.73. The Morgan fingerprint density at radius 1 is 1.31 bits per heavy atom. The van der Waals surface area contributed by atoms with Gasteiger partial charge in [-0.2, -0.15) is 0 Å². The van der Waals surface area contributed by atoms with Crippen molar-refractivity contribution in [2.45, 2.75) is 20.3 Å². The molecule has 0 aromatic heterocycles. The van der Waals surface area contributed by atoms with Crippen LogP contribution in [0.1, 0.15) is 20.3 Å². The zero-order chi connectivity index (χ0) is 11.4. The summed E-state index contributed by atoms with van der Waals surface area (Å²) in [5, 5.41) is 7.06. The number of rotatable bonds is 4. The summed E-state index contributed by atoms with van der Waals surface area (Å²) in [6.45, 7) is 8.04. The van der Waals surface area contributed by atoms with Crippen LogP contribution in [0.4, 0.5) is 5.69 Å². The maximum absolute atomic E-state index is 3.57. The molecule has 0 aliphatic carbocycles. The molecule has 1 heterocycles. The largest absolute Gasteiger partial charge is 0.384 e. The van der Waals surface area contributed by atoms with Gasteiger partial charge in [0.15, 0.2) is 0 Å². The number of benzene rings is 1. The molecule has 0 amide bonds. The van der Waals surface area contributed by atoms with Crippen molar-refractivity contribution in [3.63, 3.8) is 0 Å². The van der Waals surface area contributed by atoms with Gasteiger partial charge in [-0.3, -0.25) is 0 Å². The lowest BCUT2D eigenvalue weighted by molar-refractivity contribution is 0.237. The molecule has 1 unspecified atom stereocenters. The van der Waals surface area contributed by atoms with E-state index in [1.54, 1.807) is 0 Å². The van der Waals surface area contributed by atoms with E-state index in [0.717, 1.165) is 25.6 Å². The van der Waals surface area contributed by atoms with Crippen LogP contribution < -0.4 is 10.6 Å². The van der Waals surface area contributed by atoms with E-state index in [2.05, 4.69) is 54.8 Å². The number of para-hydroxylation sites is 1. The van der Waals surface area contributed by atoms with Crippen molar-refractivity contribution in [3.05, 3.63) is 30.3 Å². The molecule has 2 nitrogen and oxygen atoms in total. The predicted molar refractivity (Wildman–Crippen MR) is 69.7 cm³/mol. The highest BCUT2D eigenvalue weighted by Crippen LogP contribution is 2.34. The molecule has 1 aromatic rings. The van der Waals surface area contributed by atoms with Gasteiger partial charge in [-0.1, -0.05) is 32.0 Å². The van der Waals surface area contributed by atoms with E-state index >= 15 is 0 Å². The average Bonchev–Trinajstić information content (AvgIpc) is 2.78. The predicted octanol–water partition coefficient (Wildman–Crippen LogP) is 2.73. The van der Waals surface area contributed by atoms with Gasteiger partial charge in [0, 0.05) is 24.2 Å². The highest BCUT2D eigenvalue weighted by atomic mass is 15.0. The molecule has 0 saturated carbocycles. The molecule has 1 aliphatic heterocycles. The van der Waals surface area contributed by atoms with Crippen LogP contribution in [0.25, 0.3) is 0 Å². The summed E-state index contributed by atoms with van der Waals surface area (Å²) in [6.07, 6.45) is 1.28. The van der Waals surface area contributed by atoms with Crippen LogP contribution in [0.2, 0.25) is 0 Å². The lowest BCUT2D eigenvalue weighted by Gasteiger charge is -2.33. The quantitative estimate of drug-likeness (QED) is 0.812. The molecule has 16 heavy (non-hydrogen) atoms. The van der Waals surface area contributed by atoms with Gasteiger partial charge < -0.3 is 10.6 Å². The monoisotopic (exact) mass is 218 g/mol. The minimum Gasteiger partial charge on any atom is -0.384 e. The highest BCUT2D eigenvalue weighted by Gasteiger charge is 2.36. The van der Waals surface area contributed by atoms with E-state index in [-0.39, 0.29) is 0 Å². The van der Waals surface area contributed by atoms with Crippen molar-refractivity contribution in [1.29, 1.82) is 0 Å². The molecule has 1 saturated heterocycles. The first-order valence-electron chi connectivity index (χ1n) is 6.23. The van der Waals surface area contributed by atoms with Crippen molar-refractivity contribution >= 4 is 5.69 Å². The summed E-state index contributed by atoms with van der Waals surface area (Å²) >= 11 is 0. The minimum atomic E-state index is 0.426. The van der Waals surface area contributed by atoms with Gasteiger partial charge in [-0.25, -0.2) is 0 Å².